The second kappa shape index (κ2) is 5.42. The summed E-state index contributed by atoms with van der Waals surface area (Å²) < 4.78 is 5.83. The number of benzene rings is 1. The Morgan fingerprint density at radius 3 is 3.05 bits per heavy atom. The first-order chi connectivity index (χ1) is 9.75. The fourth-order valence-electron chi connectivity index (χ4n) is 2.52. The lowest BCUT2D eigenvalue weighted by molar-refractivity contribution is -0.383. The van der Waals surface area contributed by atoms with E-state index >= 15 is 0 Å². The van der Waals surface area contributed by atoms with Crippen LogP contribution in [0.25, 0.3) is 10.8 Å². The van der Waals surface area contributed by atoms with Gasteiger partial charge in [0, 0.05) is 29.9 Å². The molecule has 3 rings (SSSR count). The topological polar surface area (TPSA) is 77.3 Å². The normalized spacial score (nSPS) is 18.3. The minimum atomic E-state index is -0.397. The number of nitro benzene ring substituents is 1. The van der Waals surface area contributed by atoms with E-state index in [0.29, 0.717) is 23.8 Å². The molecule has 0 radical (unpaired) electrons. The van der Waals surface area contributed by atoms with E-state index in [1.165, 1.54) is 18.7 Å². The highest BCUT2D eigenvalue weighted by Crippen LogP contribution is 2.32. The molecule has 1 aromatic heterocycles. The van der Waals surface area contributed by atoms with Gasteiger partial charge in [0.25, 0.3) is 5.69 Å². The van der Waals surface area contributed by atoms with Crippen LogP contribution >= 0.6 is 0 Å². The molecule has 1 atom stereocenters. The van der Waals surface area contributed by atoms with Crippen molar-refractivity contribution in [2.45, 2.75) is 18.9 Å². The van der Waals surface area contributed by atoms with E-state index in [-0.39, 0.29) is 5.69 Å². The van der Waals surface area contributed by atoms with Gasteiger partial charge in [-0.2, -0.15) is 0 Å². The standard InChI is InChI=1S/C14H15N3O3/c18-17(19)13-3-4-14(11-5-7-15-8-12(11)13)20-9-10-2-1-6-16-10/h3-5,7-8,10,16H,1-2,6,9H2. The molecule has 20 heavy (non-hydrogen) atoms. The number of nitrogens with one attached hydrogen (secondary N) is 1. The molecule has 0 bridgehead atoms. The molecule has 0 amide bonds. The average Bonchev–Trinajstić information content (AvgIpc) is 2.97. The van der Waals surface area contributed by atoms with Gasteiger partial charge in [0.15, 0.2) is 0 Å². The molecule has 1 fully saturated rings. The van der Waals surface area contributed by atoms with Crippen LogP contribution in [0.2, 0.25) is 0 Å². The number of fused-ring (bicyclic) bond motifs is 1. The summed E-state index contributed by atoms with van der Waals surface area (Å²) >= 11 is 0. The van der Waals surface area contributed by atoms with Crippen LogP contribution in [0.3, 0.4) is 0 Å². The molecule has 0 saturated carbocycles. The number of rotatable bonds is 4. The summed E-state index contributed by atoms with van der Waals surface area (Å²) in [5.74, 6) is 0.668. The van der Waals surface area contributed by atoms with Gasteiger partial charge in [-0.3, -0.25) is 15.1 Å². The number of non-ortho nitro benzene ring substituents is 1. The molecule has 2 heterocycles. The smallest absolute Gasteiger partial charge is 0.279 e. The monoisotopic (exact) mass is 273 g/mol. The molecule has 1 saturated heterocycles. The highest BCUT2D eigenvalue weighted by atomic mass is 16.6. The van der Waals surface area contributed by atoms with Gasteiger partial charge >= 0.3 is 0 Å². The number of hydrogen-bond acceptors (Lipinski definition) is 5. The zero-order valence-corrected chi connectivity index (χ0v) is 10.9. The second-order valence-electron chi connectivity index (χ2n) is 4.87. The maximum absolute atomic E-state index is 11.0. The molecule has 1 aliphatic rings. The van der Waals surface area contributed by atoms with Crippen molar-refractivity contribution in [2.24, 2.45) is 0 Å². The Morgan fingerprint density at radius 2 is 2.30 bits per heavy atom. The van der Waals surface area contributed by atoms with E-state index in [2.05, 4.69) is 10.3 Å². The molecule has 104 valence electrons. The van der Waals surface area contributed by atoms with E-state index in [1.807, 2.05) is 0 Å². The van der Waals surface area contributed by atoms with E-state index in [1.54, 1.807) is 18.3 Å². The first-order valence-electron chi connectivity index (χ1n) is 6.63. The summed E-state index contributed by atoms with van der Waals surface area (Å²) in [4.78, 5) is 14.6. The first-order valence-corrected chi connectivity index (χ1v) is 6.63. The van der Waals surface area contributed by atoms with Crippen molar-refractivity contribution in [3.63, 3.8) is 0 Å². The predicted molar refractivity (Wildman–Crippen MR) is 74.9 cm³/mol. The van der Waals surface area contributed by atoms with Gasteiger partial charge in [-0.05, 0) is 31.5 Å². The van der Waals surface area contributed by atoms with Crippen molar-refractivity contribution < 1.29 is 9.66 Å². The fourth-order valence-corrected chi connectivity index (χ4v) is 2.52. The Kier molecular flexibility index (Phi) is 3.47. The third-order valence-electron chi connectivity index (χ3n) is 3.55. The number of nitrogens with zero attached hydrogens (tertiary/aromatic N) is 2. The molecule has 1 aliphatic heterocycles. The molecular weight excluding hydrogens is 258 g/mol. The lowest BCUT2D eigenvalue weighted by Crippen LogP contribution is -2.28. The Morgan fingerprint density at radius 1 is 1.40 bits per heavy atom. The van der Waals surface area contributed by atoms with E-state index < -0.39 is 4.92 Å². The molecule has 6 heteroatoms. The van der Waals surface area contributed by atoms with Crippen LogP contribution in [0.15, 0.2) is 30.6 Å². The third kappa shape index (κ3) is 2.42. The molecule has 2 aromatic rings. The second-order valence-corrected chi connectivity index (χ2v) is 4.87. The highest BCUT2D eigenvalue weighted by molar-refractivity contribution is 5.94. The van der Waals surface area contributed by atoms with Gasteiger partial charge in [-0.25, -0.2) is 0 Å². The molecular formula is C14H15N3O3. The van der Waals surface area contributed by atoms with E-state index in [9.17, 15) is 10.1 Å². The van der Waals surface area contributed by atoms with Crippen molar-refractivity contribution in [1.82, 2.24) is 10.3 Å². The Labute approximate surface area is 115 Å². The summed E-state index contributed by atoms with van der Waals surface area (Å²) in [6.45, 7) is 1.61. The SMILES string of the molecule is O=[N+]([O-])c1ccc(OCC2CCCN2)c2ccncc12. The number of nitro groups is 1. The third-order valence-corrected chi connectivity index (χ3v) is 3.55. The highest BCUT2D eigenvalue weighted by Gasteiger charge is 2.18. The van der Waals surface area contributed by atoms with Crippen molar-refractivity contribution >= 4 is 16.5 Å². The zero-order valence-electron chi connectivity index (χ0n) is 10.9. The maximum Gasteiger partial charge on any atom is 0.279 e. The summed E-state index contributed by atoms with van der Waals surface area (Å²) in [5.41, 5.74) is 0.0550. The van der Waals surface area contributed by atoms with Crippen LogP contribution in [-0.2, 0) is 0 Å². The molecule has 1 N–H and O–H groups in total. The van der Waals surface area contributed by atoms with Crippen molar-refractivity contribution in [1.29, 1.82) is 0 Å². The largest absolute Gasteiger partial charge is 0.491 e. The number of ether oxygens (including phenoxy) is 1. The van der Waals surface area contributed by atoms with Gasteiger partial charge in [0.05, 0.1) is 10.3 Å². The van der Waals surface area contributed by atoms with Crippen molar-refractivity contribution in [3.05, 3.63) is 40.7 Å². The number of pyridine rings is 1. The lowest BCUT2D eigenvalue weighted by atomic mass is 10.1. The van der Waals surface area contributed by atoms with Crippen molar-refractivity contribution in [3.8, 4) is 5.75 Å². The summed E-state index contributed by atoms with van der Waals surface area (Å²) in [7, 11) is 0. The van der Waals surface area contributed by atoms with Crippen LogP contribution in [-0.4, -0.2) is 29.1 Å². The molecule has 0 aliphatic carbocycles. The fraction of sp³-hybridized carbons (Fsp3) is 0.357. The minimum absolute atomic E-state index is 0.0550. The van der Waals surface area contributed by atoms with Crippen LogP contribution < -0.4 is 10.1 Å². The minimum Gasteiger partial charge on any atom is -0.491 e. The van der Waals surface area contributed by atoms with Gasteiger partial charge < -0.3 is 10.1 Å². The summed E-state index contributed by atoms with van der Waals surface area (Å²) in [6.07, 6.45) is 5.40. The zero-order chi connectivity index (χ0) is 13.9. The molecule has 1 aromatic carbocycles. The number of aromatic nitrogens is 1. The molecule has 1 unspecified atom stereocenters. The van der Waals surface area contributed by atoms with Gasteiger partial charge in [0.2, 0.25) is 0 Å². The van der Waals surface area contributed by atoms with Gasteiger partial charge in [0.1, 0.15) is 12.4 Å². The van der Waals surface area contributed by atoms with Crippen LogP contribution in [0.4, 0.5) is 5.69 Å². The summed E-state index contributed by atoms with van der Waals surface area (Å²) in [6, 6.07) is 5.25. The van der Waals surface area contributed by atoms with Crippen LogP contribution in [0.1, 0.15) is 12.8 Å². The van der Waals surface area contributed by atoms with E-state index in [0.717, 1.165) is 18.4 Å². The number of hydrogen-bond donors (Lipinski definition) is 1. The van der Waals surface area contributed by atoms with Gasteiger partial charge in [-0.15, -0.1) is 0 Å². The lowest BCUT2D eigenvalue weighted by Gasteiger charge is -2.13. The molecule has 6 nitrogen and oxygen atoms in total. The van der Waals surface area contributed by atoms with E-state index in [4.69, 9.17) is 4.74 Å². The van der Waals surface area contributed by atoms with Crippen LogP contribution in [0, 0.1) is 10.1 Å². The first kappa shape index (κ1) is 12.8. The Hall–Kier alpha value is -2.21. The quantitative estimate of drug-likeness (QED) is 0.683. The van der Waals surface area contributed by atoms with Gasteiger partial charge in [-0.1, -0.05) is 0 Å². The Balaban J connectivity index is 1.91. The summed E-state index contributed by atoms with van der Waals surface area (Å²) in [5, 5.41) is 15.6. The average molecular weight is 273 g/mol. The Bertz CT molecular complexity index is 639. The van der Waals surface area contributed by atoms with Crippen molar-refractivity contribution in [2.75, 3.05) is 13.2 Å². The predicted octanol–water partition coefficient (Wildman–Crippen LogP) is 2.27. The maximum atomic E-state index is 11.0. The van der Waals surface area contributed by atoms with Crippen LogP contribution in [0.5, 0.6) is 5.75 Å². The molecule has 0 spiro atoms.